The number of hydrogen-bond acceptors (Lipinski definition) is 4. The van der Waals surface area contributed by atoms with Gasteiger partial charge in [0, 0.05) is 18.7 Å². The molecule has 1 saturated heterocycles. The van der Waals surface area contributed by atoms with Gasteiger partial charge in [0.15, 0.2) is 0 Å². The molecule has 5 nitrogen and oxygen atoms in total. The van der Waals surface area contributed by atoms with E-state index in [1.165, 1.54) is 0 Å². The van der Waals surface area contributed by atoms with E-state index in [4.69, 9.17) is 15.2 Å². The second-order valence-corrected chi connectivity index (χ2v) is 4.33. The Morgan fingerprint density at radius 1 is 1.45 bits per heavy atom. The van der Waals surface area contributed by atoms with E-state index in [1.54, 1.807) is 30.2 Å². The molecule has 1 fully saturated rings. The van der Waals surface area contributed by atoms with E-state index in [9.17, 15) is 4.79 Å². The van der Waals surface area contributed by atoms with E-state index >= 15 is 0 Å². The van der Waals surface area contributed by atoms with Crippen LogP contribution < -0.4 is 10.5 Å². The number of morpholine rings is 1. The van der Waals surface area contributed by atoms with Crippen LogP contribution >= 0.6 is 0 Å². The van der Waals surface area contributed by atoms with Crippen molar-refractivity contribution < 1.29 is 14.3 Å². The van der Waals surface area contributed by atoms with Crippen molar-refractivity contribution in [2.24, 2.45) is 5.73 Å². The second-order valence-electron chi connectivity index (χ2n) is 4.33. The third kappa shape index (κ3) is 3.29. The molecule has 106 valence electrons. The van der Waals surface area contributed by atoms with Crippen LogP contribution in [0.3, 0.4) is 0 Å². The molecule has 0 aliphatic carbocycles. The molecule has 5 heteroatoms. The summed E-state index contributed by atoms with van der Waals surface area (Å²) < 4.78 is 10.5. The highest BCUT2D eigenvalue weighted by atomic mass is 16.5. The Bertz CT molecular complexity index is 540. The molecule has 1 aliphatic rings. The van der Waals surface area contributed by atoms with Gasteiger partial charge in [-0.15, -0.1) is 0 Å². The molecular formula is C15H18N2O3. The molecule has 1 amide bonds. The minimum Gasteiger partial charge on any atom is -0.495 e. The highest BCUT2D eigenvalue weighted by Gasteiger charge is 2.19. The zero-order chi connectivity index (χ0) is 14.4. The van der Waals surface area contributed by atoms with Gasteiger partial charge in [-0.25, -0.2) is 0 Å². The Morgan fingerprint density at radius 2 is 2.20 bits per heavy atom. The second kappa shape index (κ2) is 6.94. The number of nitrogens with two attached hydrogens (primary N) is 1. The molecular weight excluding hydrogens is 256 g/mol. The maximum absolute atomic E-state index is 12.4. The summed E-state index contributed by atoms with van der Waals surface area (Å²) in [6.45, 7) is 2.68. The van der Waals surface area contributed by atoms with Crippen LogP contribution in [0.4, 0.5) is 0 Å². The Morgan fingerprint density at radius 3 is 2.85 bits per heavy atom. The predicted molar refractivity (Wildman–Crippen MR) is 75.6 cm³/mol. The molecule has 1 aliphatic heterocycles. The molecule has 0 unspecified atom stereocenters. The molecule has 0 atom stereocenters. The van der Waals surface area contributed by atoms with Crippen LogP contribution in [-0.4, -0.2) is 50.8 Å². The lowest BCUT2D eigenvalue weighted by Crippen LogP contribution is -2.40. The van der Waals surface area contributed by atoms with E-state index in [-0.39, 0.29) is 12.5 Å². The van der Waals surface area contributed by atoms with Crippen LogP contribution in [0.25, 0.3) is 0 Å². The monoisotopic (exact) mass is 274 g/mol. The third-order valence-electron chi connectivity index (χ3n) is 3.07. The first-order chi connectivity index (χ1) is 9.76. The van der Waals surface area contributed by atoms with Crippen molar-refractivity contribution in [1.29, 1.82) is 0 Å². The van der Waals surface area contributed by atoms with Crippen molar-refractivity contribution in [2.75, 3.05) is 40.0 Å². The zero-order valence-corrected chi connectivity index (χ0v) is 11.5. The lowest BCUT2D eigenvalue weighted by Gasteiger charge is -2.27. The largest absolute Gasteiger partial charge is 0.495 e. The third-order valence-corrected chi connectivity index (χ3v) is 3.07. The van der Waals surface area contributed by atoms with Crippen molar-refractivity contribution in [3.63, 3.8) is 0 Å². The minimum atomic E-state index is -0.00764. The fraction of sp³-hybridized carbons (Fsp3) is 0.400. The summed E-state index contributed by atoms with van der Waals surface area (Å²) in [7, 11) is 1.58. The number of ether oxygens (including phenoxy) is 2. The van der Waals surface area contributed by atoms with E-state index in [1.807, 2.05) is 0 Å². The number of methoxy groups -OCH3 is 1. The van der Waals surface area contributed by atoms with Gasteiger partial charge in [-0.2, -0.15) is 0 Å². The lowest BCUT2D eigenvalue weighted by atomic mass is 10.1. The summed E-state index contributed by atoms with van der Waals surface area (Å²) in [5, 5.41) is 0. The summed E-state index contributed by atoms with van der Waals surface area (Å²) in [4.78, 5) is 14.2. The Hall–Kier alpha value is -2.03. The summed E-state index contributed by atoms with van der Waals surface area (Å²) >= 11 is 0. The molecule has 2 N–H and O–H groups in total. The molecule has 0 saturated carbocycles. The fourth-order valence-electron chi connectivity index (χ4n) is 2.03. The van der Waals surface area contributed by atoms with E-state index in [2.05, 4.69) is 11.8 Å². The number of amides is 1. The van der Waals surface area contributed by atoms with Crippen molar-refractivity contribution in [3.8, 4) is 17.6 Å². The maximum Gasteiger partial charge on any atom is 0.254 e. The molecule has 0 aromatic heterocycles. The van der Waals surface area contributed by atoms with Gasteiger partial charge in [-0.05, 0) is 18.2 Å². The first kappa shape index (κ1) is 14.4. The van der Waals surface area contributed by atoms with Gasteiger partial charge in [0.1, 0.15) is 5.75 Å². The standard InChI is InChI=1S/C15H18N2O3/c1-19-14-5-4-13(11-12(14)3-2-6-16)15(18)17-7-9-20-10-8-17/h4-5,11H,6-10,16H2,1H3. The maximum atomic E-state index is 12.4. The minimum absolute atomic E-state index is 0.00764. The number of rotatable bonds is 2. The summed E-state index contributed by atoms with van der Waals surface area (Å²) in [5.74, 6) is 6.34. The van der Waals surface area contributed by atoms with Crippen LogP contribution in [0, 0.1) is 11.8 Å². The molecule has 0 bridgehead atoms. The van der Waals surface area contributed by atoms with Gasteiger partial charge in [0.05, 0.1) is 32.4 Å². The quantitative estimate of drug-likeness (QED) is 0.797. The van der Waals surface area contributed by atoms with Gasteiger partial charge in [0.25, 0.3) is 5.91 Å². The normalized spacial score (nSPS) is 14.4. The van der Waals surface area contributed by atoms with Gasteiger partial charge >= 0.3 is 0 Å². The van der Waals surface area contributed by atoms with Crippen LogP contribution in [0.5, 0.6) is 5.75 Å². The van der Waals surface area contributed by atoms with E-state index < -0.39 is 0 Å². The summed E-state index contributed by atoms with van der Waals surface area (Å²) in [5.41, 5.74) is 6.66. The van der Waals surface area contributed by atoms with E-state index in [0.29, 0.717) is 43.2 Å². The number of hydrogen-bond donors (Lipinski definition) is 1. The van der Waals surface area contributed by atoms with Crippen LogP contribution in [0.1, 0.15) is 15.9 Å². The molecule has 0 radical (unpaired) electrons. The first-order valence-corrected chi connectivity index (χ1v) is 6.50. The zero-order valence-electron chi connectivity index (χ0n) is 11.5. The molecule has 1 aromatic carbocycles. The van der Waals surface area contributed by atoms with Crippen LogP contribution in [0.2, 0.25) is 0 Å². The number of carbonyl (C=O) groups is 1. The lowest BCUT2D eigenvalue weighted by molar-refractivity contribution is 0.0303. The van der Waals surface area contributed by atoms with Crippen molar-refractivity contribution >= 4 is 5.91 Å². The topological polar surface area (TPSA) is 64.8 Å². The average molecular weight is 274 g/mol. The molecule has 1 aromatic rings. The predicted octanol–water partition coefficient (Wildman–Crippen LogP) is 0.478. The Balaban J connectivity index is 2.25. The highest BCUT2D eigenvalue weighted by molar-refractivity contribution is 5.95. The van der Waals surface area contributed by atoms with Crippen molar-refractivity contribution in [1.82, 2.24) is 4.90 Å². The number of carbonyl (C=O) groups excluding carboxylic acids is 1. The highest BCUT2D eigenvalue weighted by Crippen LogP contribution is 2.20. The fourth-order valence-corrected chi connectivity index (χ4v) is 2.03. The van der Waals surface area contributed by atoms with Crippen LogP contribution in [0.15, 0.2) is 18.2 Å². The Labute approximate surface area is 118 Å². The summed E-state index contributed by atoms with van der Waals surface area (Å²) in [6.07, 6.45) is 0. The smallest absolute Gasteiger partial charge is 0.254 e. The van der Waals surface area contributed by atoms with Crippen molar-refractivity contribution in [3.05, 3.63) is 29.3 Å². The molecule has 0 spiro atoms. The molecule has 1 heterocycles. The van der Waals surface area contributed by atoms with Crippen LogP contribution in [-0.2, 0) is 4.74 Å². The SMILES string of the molecule is COc1ccc(C(=O)N2CCOCC2)cc1C#CCN. The number of benzene rings is 1. The Kier molecular flexibility index (Phi) is 4.99. The number of nitrogens with zero attached hydrogens (tertiary/aromatic N) is 1. The first-order valence-electron chi connectivity index (χ1n) is 6.50. The van der Waals surface area contributed by atoms with Gasteiger partial charge in [-0.3, -0.25) is 4.79 Å². The molecule has 2 rings (SSSR count). The average Bonchev–Trinajstić information content (AvgIpc) is 2.52. The van der Waals surface area contributed by atoms with Gasteiger partial charge in [-0.1, -0.05) is 11.8 Å². The summed E-state index contributed by atoms with van der Waals surface area (Å²) in [6, 6.07) is 5.26. The van der Waals surface area contributed by atoms with Crippen molar-refractivity contribution in [2.45, 2.75) is 0 Å². The van der Waals surface area contributed by atoms with Gasteiger partial charge in [0.2, 0.25) is 0 Å². The van der Waals surface area contributed by atoms with E-state index in [0.717, 1.165) is 0 Å². The van der Waals surface area contributed by atoms with Gasteiger partial charge < -0.3 is 20.1 Å². The molecule has 20 heavy (non-hydrogen) atoms.